The molecule has 1 aromatic carbocycles. The Morgan fingerprint density at radius 2 is 1.96 bits per heavy atom. The van der Waals surface area contributed by atoms with Gasteiger partial charge in [0, 0.05) is 0 Å². The van der Waals surface area contributed by atoms with Crippen molar-refractivity contribution in [2.45, 2.75) is 50.8 Å². The number of carboxylic acid groups (broad SMARTS) is 1. The molecule has 0 aromatic heterocycles. The van der Waals surface area contributed by atoms with E-state index in [1.165, 1.54) is 13.2 Å². The molecule has 1 atom stereocenters. The maximum atomic E-state index is 12.2. The first-order valence-electron chi connectivity index (χ1n) is 7.83. The summed E-state index contributed by atoms with van der Waals surface area (Å²) in [6.07, 6.45) is 1.24. The lowest BCUT2D eigenvalue weighted by molar-refractivity contribution is -0.137. The van der Waals surface area contributed by atoms with Crippen molar-refractivity contribution in [3.63, 3.8) is 0 Å². The number of carbonyl (C=O) groups is 1. The van der Waals surface area contributed by atoms with Gasteiger partial charge in [-0.15, -0.1) is 0 Å². The molecular formula is C17H26O5S. The number of aliphatic carboxylic acids is 1. The third kappa shape index (κ3) is 5.53. The van der Waals surface area contributed by atoms with Gasteiger partial charge in [-0.1, -0.05) is 26.8 Å². The molecule has 0 amide bonds. The van der Waals surface area contributed by atoms with Crippen LogP contribution < -0.4 is 4.74 Å². The summed E-state index contributed by atoms with van der Waals surface area (Å²) in [6, 6.07) is 4.75. The summed E-state index contributed by atoms with van der Waals surface area (Å²) >= 11 is 0. The van der Waals surface area contributed by atoms with Crippen LogP contribution in [0.5, 0.6) is 5.75 Å². The summed E-state index contributed by atoms with van der Waals surface area (Å²) in [5.41, 5.74) is 0.749. The molecule has 1 unspecified atom stereocenters. The second kappa shape index (κ2) is 8.34. The highest BCUT2D eigenvalue weighted by Gasteiger charge is 2.23. The summed E-state index contributed by atoms with van der Waals surface area (Å²) in [5.74, 6) is -0.229. The van der Waals surface area contributed by atoms with Crippen LogP contribution in [0.25, 0.3) is 0 Å². The Morgan fingerprint density at radius 3 is 2.43 bits per heavy atom. The van der Waals surface area contributed by atoms with E-state index in [-0.39, 0.29) is 23.0 Å². The van der Waals surface area contributed by atoms with Crippen molar-refractivity contribution in [2.24, 2.45) is 5.92 Å². The fourth-order valence-corrected chi connectivity index (χ4v) is 4.04. The van der Waals surface area contributed by atoms with Crippen LogP contribution in [0, 0.1) is 5.92 Å². The fraction of sp³-hybridized carbons (Fsp3) is 0.588. The highest BCUT2D eigenvalue weighted by Crippen LogP contribution is 2.35. The summed E-state index contributed by atoms with van der Waals surface area (Å²) in [4.78, 5) is 11.4. The molecule has 0 bridgehead atoms. The molecule has 0 aliphatic heterocycles. The SMILES string of the molecule is CCCS(=O)(=O)c1ccc(C(CC(=O)O)CC(C)C)c(OC)c1. The number of sulfone groups is 1. The van der Waals surface area contributed by atoms with Gasteiger partial charge >= 0.3 is 5.97 Å². The van der Waals surface area contributed by atoms with Gasteiger partial charge in [-0.05, 0) is 42.4 Å². The molecular weight excluding hydrogens is 316 g/mol. The molecule has 1 rings (SSSR count). The summed E-state index contributed by atoms with van der Waals surface area (Å²) in [6.45, 7) is 5.87. The fourth-order valence-electron chi connectivity index (χ4n) is 2.71. The minimum atomic E-state index is -3.33. The smallest absolute Gasteiger partial charge is 0.303 e. The number of hydrogen-bond acceptors (Lipinski definition) is 4. The van der Waals surface area contributed by atoms with Crippen LogP contribution in [-0.4, -0.2) is 32.4 Å². The molecule has 0 fully saturated rings. The maximum absolute atomic E-state index is 12.2. The molecule has 23 heavy (non-hydrogen) atoms. The van der Waals surface area contributed by atoms with E-state index in [1.807, 2.05) is 20.8 Å². The van der Waals surface area contributed by atoms with E-state index in [0.29, 0.717) is 24.5 Å². The molecule has 0 saturated carbocycles. The molecule has 0 aliphatic carbocycles. The van der Waals surface area contributed by atoms with Crippen molar-refractivity contribution in [3.8, 4) is 5.75 Å². The Hall–Kier alpha value is -1.56. The second-order valence-corrected chi connectivity index (χ2v) is 8.26. The Bertz CT molecular complexity index is 634. The minimum Gasteiger partial charge on any atom is -0.496 e. The first kappa shape index (κ1) is 19.5. The van der Waals surface area contributed by atoms with E-state index in [2.05, 4.69) is 0 Å². The number of rotatable bonds is 9. The van der Waals surface area contributed by atoms with E-state index in [9.17, 15) is 13.2 Å². The number of hydrogen-bond donors (Lipinski definition) is 1. The van der Waals surface area contributed by atoms with Gasteiger partial charge in [0.2, 0.25) is 0 Å². The van der Waals surface area contributed by atoms with E-state index in [1.54, 1.807) is 12.1 Å². The third-order valence-corrected chi connectivity index (χ3v) is 5.57. The molecule has 0 radical (unpaired) electrons. The van der Waals surface area contributed by atoms with Crippen LogP contribution in [0.15, 0.2) is 23.1 Å². The number of methoxy groups -OCH3 is 1. The Balaban J connectivity index is 3.27. The van der Waals surface area contributed by atoms with Crippen molar-refractivity contribution >= 4 is 15.8 Å². The monoisotopic (exact) mass is 342 g/mol. The van der Waals surface area contributed by atoms with E-state index < -0.39 is 15.8 Å². The van der Waals surface area contributed by atoms with Gasteiger partial charge in [0.15, 0.2) is 9.84 Å². The molecule has 0 saturated heterocycles. The van der Waals surface area contributed by atoms with Crippen LogP contribution >= 0.6 is 0 Å². The topological polar surface area (TPSA) is 80.7 Å². The molecule has 130 valence electrons. The summed E-state index contributed by atoms with van der Waals surface area (Å²) in [5, 5.41) is 9.14. The largest absolute Gasteiger partial charge is 0.496 e. The van der Waals surface area contributed by atoms with Crippen molar-refractivity contribution in [2.75, 3.05) is 12.9 Å². The first-order chi connectivity index (χ1) is 10.7. The zero-order valence-corrected chi connectivity index (χ0v) is 15.0. The van der Waals surface area contributed by atoms with Crippen molar-refractivity contribution in [1.82, 2.24) is 0 Å². The Labute approximate surface area is 138 Å². The molecule has 0 heterocycles. The number of ether oxygens (including phenoxy) is 1. The molecule has 1 N–H and O–H groups in total. The minimum absolute atomic E-state index is 0.00437. The van der Waals surface area contributed by atoms with Crippen molar-refractivity contribution in [1.29, 1.82) is 0 Å². The highest BCUT2D eigenvalue weighted by atomic mass is 32.2. The van der Waals surface area contributed by atoms with Crippen LogP contribution in [0.1, 0.15) is 51.5 Å². The predicted octanol–water partition coefficient (Wildman–Crippen LogP) is 3.48. The van der Waals surface area contributed by atoms with Crippen molar-refractivity contribution < 1.29 is 23.1 Å². The van der Waals surface area contributed by atoms with E-state index >= 15 is 0 Å². The van der Waals surface area contributed by atoms with Gasteiger partial charge in [-0.2, -0.15) is 0 Å². The zero-order chi connectivity index (χ0) is 17.6. The van der Waals surface area contributed by atoms with Crippen molar-refractivity contribution in [3.05, 3.63) is 23.8 Å². The van der Waals surface area contributed by atoms with Crippen LogP contribution in [0.2, 0.25) is 0 Å². The lowest BCUT2D eigenvalue weighted by Gasteiger charge is -2.21. The standard InChI is InChI=1S/C17H26O5S/c1-5-8-23(20,21)14-6-7-15(16(11-14)22-4)13(9-12(2)3)10-17(18)19/h6-7,11-13H,5,8-10H2,1-4H3,(H,18,19). The quantitative estimate of drug-likeness (QED) is 0.743. The maximum Gasteiger partial charge on any atom is 0.303 e. The van der Waals surface area contributed by atoms with Gasteiger partial charge in [-0.3, -0.25) is 4.79 Å². The average Bonchev–Trinajstić information content (AvgIpc) is 2.44. The summed E-state index contributed by atoms with van der Waals surface area (Å²) in [7, 11) is -1.85. The predicted molar refractivity (Wildman–Crippen MR) is 89.8 cm³/mol. The van der Waals surface area contributed by atoms with Gasteiger partial charge in [-0.25, -0.2) is 8.42 Å². The third-order valence-electron chi connectivity index (χ3n) is 3.65. The lowest BCUT2D eigenvalue weighted by Crippen LogP contribution is -2.12. The van der Waals surface area contributed by atoms with Crippen LogP contribution in [-0.2, 0) is 14.6 Å². The molecule has 0 spiro atoms. The molecule has 1 aromatic rings. The van der Waals surface area contributed by atoms with Crippen LogP contribution in [0.3, 0.4) is 0 Å². The second-order valence-electron chi connectivity index (χ2n) is 6.15. The van der Waals surface area contributed by atoms with Gasteiger partial charge in [0.05, 0.1) is 24.2 Å². The molecule has 6 heteroatoms. The average molecular weight is 342 g/mol. The van der Waals surface area contributed by atoms with Gasteiger partial charge in [0.25, 0.3) is 0 Å². The summed E-state index contributed by atoms with van der Waals surface area (Å²) < 4.78 is 29.7. The van der Waals surface area contributed by atoms with E-state index in [0.717, 1.165) is 5.56 Å². The lowest BCUT2D eigenvalue weighted by atomic mass is 9.87. The van der Waals surface area contributed by atoms with E-state index in [4.69, 9.17) is 9.84 Å². The Kier molecular flexibility index (Phi) is 7.06. The zero-order valence-electron chi connectivity index (χ0n) is 14.2. The van der Waals surface area contributed by atoms with Gasteiger partial charge in [0.1, 0.15) is 5.75 Å². The van der Waals surface area contributed by atoms with Gasteiger partial charge < -0.3 is 9.84 Å². The molecule has 5 nitrogen and oxygen atoms in total. The normalized spacial score (nSPS) is 13.1. The number of carboxylic acids is 1. The Morgan fingerprint density at radius 1 is 1.30 bits per heavy atom. The highest BCUT2D eigenvalue weighted by molar-refractivity contribution is 7.91. The first-order valence-corrected chi connectivity index (χ1v) is 9.49. The van der Waals surface area contributed by atoms with Crippen LogP contribution in [0.4, 0.5) is 0 Å². The number of benzene rings is 1. The molecule has 0 aliphatic rings.